The number of ether oxygens (including phenoxy) is 11. The average molecular weight is 1020 g/mol. The molecule has 0 bridgehead atoms. The number of hydrogen-bond acceptors (Lipinski definition) is 18. The molecule has 3 saturated heterocycles. The zero-order valence-corrected chi connectivity index (χ0v) is 39.9. The SMILES string of the molecule is C[C@@]1(C#N)O[C@H]2O[C@H](COC(=O)c3ccccc3)[C@@H](O[C@@H]3O[C@H](COC(=O)c4ccccc4)[C@H](OC(=O)c4ccccc4)[C@H](OC(=O)c4ccccc4)[C@H]3OC(=O)c3ccccc3)[C@H](OC(=O)c3ccccc3)[C@H]2O1. The predicted molar refractivity (Wildman–Crippen MR) is 258 cm³/mol. The molecule has 0 unspecified atom stereocenters. The second-order valence-electron chi connectivity index (χ2n) is 17.3. The van der Waals surface area contributed by atoms with E-state index in [1.54, 1.807) is 109 Å². The second kappa shape index (κ2) is 23.5. The monoisotopic (exact) mass is 1020 g/mol. The summed E-state index contributed by atoms with van der Waals surface area (Å²) in [5.41, 5.74) is 0.534. The van der Waals surface area contributed by atoms with Gasteiger partial charge in [0.2, 0.25) is 0 Å². The van der Waals surface area contributed by atoms with Crippen LogP contribution in [0.25, 0.3) is 0 Å². The fourth-order valence-electron chi connectivity index (χ4n) is 8.47. The van der Waals surface area contributed by atoms with Crippen LogP contribution in [0.4, 0.5) is 0 Å². The number of nitriles is 1. The minimum atomic E-state index is -1.97. The van der Waals surface area contributed by atoms with E-state index in [4.69, 9.17) is 52.1 Å². The minimum Gasteiger partial charge on any atom is -0.459 e. The van der Waals surface area contributed by atoms with Crippen molar-refractivity contribution in [1.29, 1.82) is 5.26 Å². The van der Waals surface area contributed by atoms with Gasteiger partial charge in [-0.25, -0.2) is 28.8 Å². The molecular weight excluding hydrogens is 971 g/mol. The Labute approximate surface area is 429 Å². The van der Waals surface area contributed by atoms with Crippen molar-refractivity contribution >= 4 is 35.8 Å². The fourth-order valence-corrected chi connectivity index (χ4v) is 8.47. The first-order valence-electron chi connectivity index (χ1n) is 23.7. The van der Waals surface area contributed by atoms with Crippen LogP contribution in [-0.2, 0) is 52.1 Å². The maximum atomic E-state index is 14.4. The summed E-state index contributed by atoms with van der Waals surface area (Å²) in [6.45, 7) is -0.0120. The van der Waals surface area contributed by atoms with Crippen molar-refractivity contribution in [2.24, 2.45) is 0 Å². The standard InChI is InChI=1S/C57H47NO17/c1-57(34-58)74-48-46(71-53(63)39-28-16-6-17-29-39)44(42(68-56(48)75-57)33-66-50(60)36-22-10-3-11-23-36)73-55-47(72-54(64)40-30-18-7-19-31-40)45(70-52(62)38-26-14-5-15-27-38)43(69-51(61)37-24-12-4-13-25-37)41(67-55)32-65-49(59)35-20-8-2-9-21-35/h2-31,41-48,55-56H,32-33H2,1H3/t41-,42-,43+,44-,45+,46+,47-,48-,55+,56-,57+/m1/s1. The van der Waals surface area contributed by atoms with Gasteiger partial charge in [0.15, 0.2) is 43.1 Å². The number of hydrogen-bond donors (Lipinski definition) is 0. The first-order valence-corrected chi connectivity index (χ1v) is 23.7. The number of carbonyl (C=O) groups is 6. The topological polar surface area (TPSA) is 228 Å². The van der Waals surface area contributed by atoms with Crippen molar-refractivity contribution in [1.82, 2.24) is 0 Å². The first kappa shape index (κ1) is 51.3. The summed E-state index contributed by atoms with van der Waals surface area (Å²) in [6.07, 6.45) is -16.8. The molecule has 0 N–H and O–H groups in total. The summed E-state index contributed by atoms with van der Waals surface area (Å²) in [6, 6.07) is 49.1. The molecule has 0 aromatic heterocycles. The summed E-state index contributed by atoms with van der Waals surface area (Å²) in [5, 5.41) is 10.2. The van der Waals surface area contributed by atoms with Crippen LogP contribution in [-0.4, -0.2) is 116 Å². The van der Waals surface area contributed by atoms with Gasteiger partial charge in [-0.3, -0.25) is 0 Å². The van der Waals surface area contributed by atoms with E-state index in [-0.39, 0.29) is 33.4 Å². The highest BCUT2D eigenvalue weighted by Crippen LogP contribution is 2.41. The van der Waals surface area contributed by atoms with Crippen molar-refractivity contribution < 1.29 is 80.9 Å². The lowest BCUT2D eigenvalue weighted by Crippen LogP contribution is -2.66. The normalized spacial score (nSPS) is 25.7. The number of carbonyl (C=O) groups excluding carboxylic acids is 6. The molecule has 0 amide bonds. The average Bonchev–Trinajstić information content (AvgIpc) is 3.81. The molecular formula is C57H47NO17. The predicted octanol–water partition coefficient (Wildman–Crippen LogP) is 7.09. The number of benzene rings is 6. The van der Waals surface area contributed by atoms with Crippen LogP contribution >= 0.6 is 0 Å². The second-order valence-corrected chi connectivity index (χ2v) is 17.3. The lowest BCUT2D eigenvalue weighted by molar-refractivity contribution is -0.343. The zero-order chi connectivity index (χ0) is 52.3. The summed E-state index contributed by atoms with van der Waals surface area (Å²) >= 11 is 0. The van der Waals surface area contributed by atoms with E-state index in [0.717, 1.165) is 0 Å². The van der Waals surface area contributed by atoms with E-state index in [9.17, 15) is 34.0 Å². The Balaban J connectivity index is 1.17. The molecule has 3 aliphatic rings. The van der Waals surface area contributed by atoms with Crippen LogP contribution < -0.4 is 0 Å². The number of rotatable bonds is 16. The van der Waals surface area contributed by atoms with Crippen LogP contribution in [0.2, 0.25) is 0 Å². The van der Waals surface area contributed by atoms with Crippen molar-refractivity contribution in [3.63, 3.8) is 0 Å². The molecule has 382 valence electrons. The quantitative estimate of drug-likeness (QED) is 0.0696. The van der Waals surface area contributed by atoms with E-state index in [1.165, 1.54) is 79.7 Å². The zero-order valence-electron chi connectivity index (χ0n) is 39.9. The summed E-state index contributed by atoms with van der Waals surface area (Å²) in [4.78, 5) is 84.3. The molecule has 0 aliphatic carbocycles. The highest BCUT2D eigenvalue weighted by atomic mass is 16.8. The van der Waals surface area contributed by atoms with Crippen LogP contribution in [0.1, 0.15) is 69.1 Å². The molecule has 6 aromatic rings. The van der Waals surface area contributed by atoms with Crippen LogP contribution in [0.15, 0.2) is 182 Å². The highest BCUT2D eigenvalue weighted by molar-refractivity contribution is 5.92. The molecule has 0 spiro atoms. The summed E-state index contributed by atoms with van der Waals surface area (Å²) in [5.74, 6) is -7.37. The van der Waals surface area contributed by atoms with Crippen LogP contribution in [0.5, 0.6) is 0 Å². The summed E-state index contributed by atoms with van der Waals surface area (Å²) < 4.78 is 68.6. The van der Waals surface area contributed by atoms with Crippen LogP contribution in [0.3, 0.4) is 0 Å². The van der Waals surface area contributed by atoms with Gasteiger partial charge in [-0.15, -0.1) is 0 Å². The molecule has 3 fully saturated rings. The summed E-state index contributed by atoms with van der Waals surface area (Å²) in [7, 11) is 0. The van der Waals surface area contributed by atoms with Gasteiger partial charge in [-0.2, -0.15) is 5.26 Å². The number of esters is 6. The number of fused-ring (bicyclic) bond motifs is 1. The van der Waals surface area contributed by atoms with E-state index in [1.807, 2.05) is 6.07 Å². The van der Waals surface area contributed by atoms with Gasteiger partial charge in [0.25, 0.3) is 5.79 Å². The fraction of sp³-hybridized carbons (Fsp3) is 0.246. The lowest BCUT2D eigenvalue weighted by atomic mass is 9.95. The van der Waals surface area contributed by atoms with Gasteiger partial charge in [-0.1, -0.05) is 109 Å². The van der Waals surface area contributed by atoms with Gasteiger partial charge < -0.3 is 52.1 Å². The Kier molecular flexibility index (Phi) is 16.1. The largest absolute Gasteiger partial charge is 0.459 e. The van der Waals surface area contributed by atoms with Crippen molar-refractivity contribution in [3.8, 4) is 6.07 Å². The highest BCUT2D eigenvalue weighted by Gasteiger charge is 2.61. The maximum absolute atomic E-state index is 14.4. The minimum absolute atomic E-state index is 0.0256. The Morgan fingerprint density at radius 1 is 0.427 bits per heavy atom. The van der Waals surface area contributed by atoms with Crippen molar-refractivity contribution in [3.05, 3.63) is 215 Å². The van der Waals surface area contributed by atoms with Gasteiger partial charge in [0.05, 0.1) is 33.4 Å². The van der Waals surface area contributed by atoms with Gasteiger partial charge in [-0.05, 0) is 72.8 Å². The third-order valence-corrected chi connectivity index (χ3v) is 12.2. The third-order valence-electron chi connectivity index (χ3n) is 12.2. The maximum Gasteiger partial charge on any atom is 0.338 e. The van der Waals surface area contributed by atoms with Crippen molar-refractivity contribution in [2.45, 2.75) is 74.1 Å². The number of nitrogens with zero attached hydrogens (tertiary/aromatic N) is 1. The molecule has 3 aliphatic heterocycles. The van der Waals surface area contributed by atoms with E-state index in [2.05, 4.69) is 0 Å². The van der Waals surface area contributed by atoms with Gasteiger partial charge in [0, 0.05) is 6.92 Å². The van der Waals surface area contributed by atoms with Crippen molar-refractivity contribution in [2.75, 3.05) is 13.2 Å². The van der Waals surface area contributed by atoms with Crippen LogP contribution in [0, 0.1) is 11.3 Å². The Hall–Kier alpha value is -8.57. The molecule has 18 heteroatoms. The Morgan fingerprint density at radius 2 is 0.760 bits per heavy atom. The Bertz CT molecular complexity index is 2980. The molecule has 3 heterocycles. The Morgan fingerprint density at radius 3 is 1.15 bits per heavy atom. The molecule has 0 radical (unpaired) electrons. The van der Waals surface area contributed by atoms with E-state index in [0.29, 0.717) is 0 Å². The molecule has 9 rings (SSSR count). The molecule has 11 atom stereocenters. The molecule has 75 heavy (non-hydrogen) atoms. The van der Waals surface area contributed by atoms with Gasteiger partial charge >= 0.3 is 35.8 Å². The third kappa shape index (κ3) is 12.3. The lowest BCUT2D eigenvalue weighted by Gasteiger charge is -2.47. The smallest absolute Gasteiger partial charge is 0.338 e. The van der Waals surface area contributed by atoms with E-state index >= 15 is 0 Å². The first-order chi connectivity index (χ1) is 36.5. The molecule has 6 aromatic carbocycles. The molecule has 18 nitrogen and oxygen atoms in total. The van der Waals surface area contributed by atoms with Gasteiger partial charge in [0.1, 0.15) is 37.6 Å². The van der Waals surface area contributed by atoms with E-state index < -0.39 is 116 Å². The molecule has 0 saturated carbocycles.